The lowest BCUT2D eigenvalue weighted by molar-refractivity contribution is -0.139. The predicted octanol–water partition coefficient (Wildman–Crippen LogP) is 3.38. The molecule has 146 valence electrons. The van der Waals surface area contributed by atoms with Crippen LogP contribution in [-0.4, -0.2) is 47.4 Å². The van der Waals surface area contributed by atoms with Crippen LogP contribution >= 0.6 is 11.3 Å². The Kier molecular flexibility index (Phi) is 6.11. The summed E-state index contributed by atoms with van der Waals surface area (Å²) in [5.74, 6) is 0.346. The van der Waals surface area contributed by atoms with Crippen LogP contribution in [0.2, 0.25) is 0 Å². The van der Waals surface area contributed by atoms with Crippen LogP contribution in [0.25, 0.3) is 10.2 Å². The number of carbonyl (C=O) groups is 2. The Morgan fingerprint density at radius 2 is 2.15 bits per heavy atom. The topological polar surface area (TPSA) is 71.5 Å². The number of nitrogens with zero attached hydrogens (tertiary/aromatic N) is 2. The van der Waals surface area contributed by atoms with Gasteiger partial charge in [-0.15, -0.1) is 11.3 Å². The summed E-state index contributed by atoms with van der Waals surface area (Å²) in [6.45, 7) is 9.49. The van der Waals surface area contributed by atoms with Crippen LogP contribution in [-0.2, 0) is 9.53 Å². The van der Waals surface area contributed by atoms with E-state index in [1.165, 1.54) is 11.3 Å². The van der Waals surface area contributed by atoms with Gasteiger partial charge in [-0.25, -0.2) is 4.98 Å². The third kappa shape index (κ3) is 4.47. The summed E-state index contributed by atoms with van der Waals surface area (Å²) in [6.07, 6.45) is 1.94. The van der Waals surface area contributed by atoms with Crippen molar-refractivity contribution >= 4 is 33.4 Å². The van der Waals surface area contributed by atoms with Crippen molar-refractivity contribution in [3.63, 3.8) is 0 Å². The van der Waals surface area contributed by atoms with Crippen molar-refractivity contribution in [3.8, 4) is 0 Å². The van der Waals surface area contributed by atoms with Gasteiger partial charge in [-0.3, -0.25) is 9.59 Å². The molecule has 1 aliphatic rings. The molecule has 3 rings (SSSR count). The highest BCUT2D eigenvalue weighted by atomic mass is 32.1. The number of pyridine rings is 1. The molecule has 0 bridgehead atoms. The van der Waals surface area contributed by atoms with E-state index in [1.54, 1.807) is 6.20 Å². The SMILES string of the molecule is CC(C)CC(=O)N1CCO[C@@H](c2c(C(=O)NC(C)C)sc3ncccc23)C1. The maximum absolute atomic E-state index is 12.8. The number of nitrogens with one attached hydrogen (secondary N) is 1. The normalized spacial score (nSPS) is 17.7. The minimum Gasteiger partial charge on any atom is -0.370 e. The summed E-state index contributed by atoms with van der Waals surface area (Å²) in [5.41, 5.74) is 0.850. The molecule has 0 radical (unpaired) electrons. The van der Waals surface area contributed by atoms with Crippen LogP contribution in [0.5, 0.6) is 0 Å². The van der Waals surface area contributed by atoms with Crippen LogP contribution in [0.1, 0.15) is 55.5 Å². The molecule has 1 fully saturated rings. The summed E-state index contributed by atoms with van der Waals surface area (Å²) < 4.78 is 6.02. The molecule has 0 aliphatic carbocycles. The average molecular weight is 390 g/mol. The molecule has 3 heterocycles. The first kappa shape index (κ1) is 19.8. The van der Waals surface area contributed by atoms with E-state index in [0.29, 0.717) is 36.9 Å². The van der Waals surface area contributed by atoms with E-state index >= 15 is 0 Å². The highest BCUT2D eigenvalue weighted by Gasteiger charge is 2.31. The van der Waals surface area contributed by atoms with Crippen LogP contribution in [0.3, 0.4) is 0 Å². The molecule has 2 aromatic heterocycles. The second-order valence-electron chi connectivity index (χ2n) is 7.63. The van der Waals surface area contributed by atoms with Gasteiger partial charge in [0.05, 0.1) is 13.2 Å². The molecule has 27 heavy (non-hydrogen) atoms. The van der Waals surface area contributed by atoms with Gasteiger partial charge in [-0.1, -0.05) is 19.9 Å². The number of fused-ring (bicyclic) bond motifs is 1. The van der Waals surface area contributed by atoms with Gasteiger partial charge in [0.2, 0.25) is 5.91 Å². The molecular formula is C20H27N3O3S. The zero-order valence-electron chi connectivity index (χ0n) is 16.3. The van der Waals surface area contributed by atoms with E-state index in [-0.39, 0.29) is 24.0 Å². The molecule has 1 saturated heterocycles. The van der Waals surface area contributed by atoms with Crippen LogP contribution in [0.15, 0.2) is 18.3 Å². The smallest absolute Gasteiger partial charge is 0.262 e. The molecule has 1 N–H and O–H groups in total. The molecule has 1 atom stereocenters. The Hall–Kier alpha value is -1.99. The Morgan fingerprint density at radius 3 is 2.85 bits per heavy atom. The quantitative estimate of drug-likeness (QED) is 0.851. The second-order valence-corrected chi connectivity index (χ2v) is 8.63. The fourth-order valence-electron chi connectivity index (χ4n) is 3.30. The first-order chi connectivity index (χ1) is 12.9. The largest absolute Gasteiger partial charge is 0.370 e. The van der Waals surface area contributed by atoms with Gasteiger partial charge in [0.25, 0.3) is 5.91 Å². The molecule has 0 aromatic carbocycles. The highest BCUT2D eigenvalue weighted by molar-refractivity contribution is 7.20. The fourth-order valence-corrected chi connectivity index (χ4v) is 4.39. The Balaban J connectivity index is 1.94. The lowest BCUT2D eigenvalue weighted by Gasteiger charge is -2.34. The Morgan fingerprint density at radius 1 is 1.37 bits per heavy atom. The number of ether oxygens (including phenoxy) is 1. The first-order valence-corrected chi connectivity index (χ1v) is 10.3. The molecule has 2 aromatic rings. The van der Waals surface area contributed by atoms with E-state index in [9.17, 15) is 9.59 Å². The molecule has 2 amide bonds. The van der Waals surface area contributed by atoms with Gasteiger partial charge in [0, 0.05) is 36.2 Å². The number of rotatable bonds is 5. The zero-order valence-corrected chi connectivity index (χ0v) is 17.1. The maximum atomic E-state index is 12.8. The van der Waals surface area contributed by atoms with Crippen molar-refractivity contribution in [1.29, 1.82) is 0 Å². The van der Waals surface area contributed by atoms with E-state index in [0.717, 1.165) is 15.8 Å². The summed E-state index contributed by atoms with van der Waals surface area (Å²) in [5, 5.41) is 3.90. The van der Waals surface area contributed by atoms with E-state index in [4.69, 9.17) is 4.74 Å². The third-order valence-corrected chi connectivity index (χ3v) is 5.58. The Bertz CT molecular complexity index is 831. The maximum Gasteiger partial charge on any atom is 0.262 e. The number of aromatic nitrogens is 1. The van der Waals surface area contributed by atoms with Crippen molar-refractivity contribution in [1.82, 2.24) is 15.2 Å². The van der Waals surface area contributed by atoms with E-state index in [1.807, 2.05) is 44.7 Å². The molecular weight excluding hydrogens is 362 g/mol. The summed E-state index contributed by atoms with van der Waals surface area (Å²) in [6, 6.07) is 3.88. The van der Waals surface area contributed by atoms with E-state index in [2.05, 4.69) is 10.3 Å². The molecule has 0 unspecified atom stereocenters. The number of hydrogen-bond acceptors (Lipinski definition) is 5. The monoisotopic (exact) mass is 389 g/mol. The minimum atomic E-state index is -0.319. The zero-order chi connectivity index (χ0) is 19.6. The standard InChI is InChI=1S/C20H27N3O3S/c1-12(2)10-16(24)23-8-9-26-15(11-23)17-14-6-5-7-21-20(14)27-18(17)19(25)22-13(3)4/h5-7,12-13,15H,8-11H2,1-4H3,(H,22,25)/t15-/m1/s1. The van der Waals surface area contributed by atoms with E-state index < -0.39 is 0 Å². The summed E-state index contributed by atoms with van der Waals surface area (Å²) >= 11 is 1.38. The summed E-state index contributed by atoms with van der Waals surface area (Å²) in [7, 11) is 0. The van der Waals surface area contributed by atoms with Gasteiger partial charge in [0.15, 0.2) is 0 Å². The Labute approximate surface area is 163 Å². The molecule has 0 spiro atoms. The van der Waals surface area contributed by atoms with Crippen molar-refractivity contribution in [2.75, 3.05) is 19.7 Å². The summed E-state index contributed by atoms with van der Waals surface area (Å²) in [4.78, 5) is 33.0. The lowest BCUT2D eigenvalue weighted by Crippen LogP contribution is -2.43. The van der Waals surface area contributed by atoms with Gasteiger partial charge >= 0.3 is 0 Å². The molecule has 1 aliphatic heterocycles. The minimum absolute atomic E-state index is 0.0416. The van der Waals surface area contributed by atoms with Gasteiger partial charge in [-0.05, 0) is 25.8 Å². The average Bonchev–Trinajstić information content (AvgIpc) is 3.00. The van der Waals surface area contributed by atoms with Crippen molar-refractivity contribution in [2.45, 2.75) is 46.3 Å². The fraction of sp³-hybridized carbons (Fsp3) is 0.550. The van der Waals surface area contributed by atoms with Crippen LogP contribution in [0.4, 0.5) is 0 Å². The second kappa shape index (κ2) is 8.35. The highest BCUT2D eigenvalue weighted by Crippen LogP contribution is 2.37. The number of amides is 2. The van der Waals surface area contributed by atoms with Crippen molar-refractivity contribution < 1.29 is 14.3 Å². The van der Waals surface area contributed by atoms with Crippen molar-refractivity contribution in [2.24, 2.45) is 5.92 Å². The number of thiophene rings is 1. The molecule has 6 nitrogen and oxygen atoms in total. The van der Waals surface area contributed by atoms with Crippen LogP contribution < -0.4 is 5.32 Å². The van der Waals surface area contributed by atoms with Crippen molar-refractivity contribution in [3.05, 3.63) is 28.8 Å². The molecule has 0 saturated carbocycles. The molecule has 7 heteroatoms. The predicted molar refractivity (Wildman–Crippen MR) is 107 cm³/mol. The number of carbonyl (C=O) groups excluding carboxylic acids is 2. The van der Waals surface area contributed by atoms with Crippen LogP contribution in [0, 0.1) is 5.92 Å². The lowest BCUT2D eigenvalue weighted by atomic mass is 10.0. The van der Waals surface area contributed by atoms with Gasteiger partial charge < -0.3 is 15.0 Å². The van der Waals surface area contributed by atoms with Gasteiger partial charge in [0.1, 0.15) is 15.8 Å². The third-order valence-electron chi connectivity index (χ3n) is 4.45. The number of morpholine rings is 1. The number of hydrogen-bond donors (Lipinski definition) is 1. The first-order valence-electron chi connectivity index (χ1n) is 9.44. The van der Waals surface area contributed by atoms with Gasteiger partial charge in [-0.2, -0.15) is 0 Å².